The summed E-state index contributed by atoms with van der Waals surface area (Å²) in [6, 6.07) is 5.10. The zero-order valence-corrected chi connectivity index (χ0v) is 28.0. The summed E-state index contributed by atoms with van der Waals surface area (Å²) in [5.74, 6) is -0.0158. The average Bonchev–Trinajstić information content (AvgIpc) is 3.46. The largest absolute Gasteiger partial charge is 0.382 e. The van der Waals surface area contributed by atoms with Crippen molar-refractivity contribution in [2.75, 3.05) is 99.9 Å². The molecule has 0 radical (unpaired) electrons. The minimum atomic E-state index is -0.187. The van der Waals surface area contributed by atoms with Gasteiger partial charge in [0, 0.05) is 33.8 Å². The van der Waals surface area contributed by atoms with Gasteiger partial charge in [-0.1, -0.05) is 60.2 Å². The first-order chi connectivity index (χ1) is 21.3. The second-order valence-corrected chi connectivity index (χ2v) is 11.2. The molecule has 1 aromatic carbocycles. The van der Waals surface area contributed by atoms with Gasteiger partial charge in [-0.15, -0.1) is 0 Å². The van der Waals surface area contributed by atoms with E-state index in [1.807, 2.05) is 44.3 Å². The highest BCUT2D eigenvalue weighted by atomic mass is 35.5. The van der Waals surface area contributed by atoms with E-state index >= 15 is 0 Å². The molecule has 9 nitrogen and oxygen atoms in total. The molecular formula is C33H50Cl2N2O7. The number of nitrogens with zero attached hydrogens (tertiary/aromatic N) is 2. The van der Waals surface area contributed by atoms with Crippen molar-refractivity contribution >= 4 is 29.1 Å². The first-order valence-corrected chi connectivity index (χ1v) is 15.9. The quantitative estimate of drug-likeness (QED) is 0.115. The molecule has 1 amide bonds. The van der Waals surface area contributed by atoms with Gasteiger partial charge in [-0.2, -0.15) is 0 Å². The third-order valence-corrected chi connectivity index (χ3v) is 7.77. The number of likely N-dealkylation sites (N-methyl/N-ethyl adjacent to an activating group) is 1. The lowest BCUT2D eigenvalue weighted by atomic mass is 10.0. The Kier molecular flexibility index (Phi) is 20.5. The lowest BCUT2D eigenvalue weighted by Gasteiger charge is -2.32. The Morgan fingerprint density at radius 1 is 0.977 bits per heavy atom. The summed E-state index contributed by atoms with van der Waals surface area (Å²) in [7, 11) is 3.48. The number of carbonyl (C=O) groups is 1. The Balaban J connectivity index is 1.68. The summed E-state index contributed by atoms with van der Waals surface area (Å²) in [4.78, 5) is 17.4. The zero-order chi connectivity index (χ0) is 32.0. The van der Waals surface area contributed by atoms with E-state index in [0.29, 0.717) is 82.7 Å². The van der Waals surface area contributed by atoms with Crippen molar-refractivity contribution in [3.05, 3.63) is 70.3 Å². The molecular weight excluding hydrogens is 607 g/mol. The number of likely N-dealkylation sites (tertiary alicyclic amines) is 1. The van der Waals surface area contributed by atoms with Crippen LogP contribution in [-0.2, 0) is 39.6 Å². The van der Waals surface area contributed by atoms with Crippen LogP contribution in [0.5, 0.6) is 0 Å². The van der Waals surface area contributed by atoms with Crippen molar-refractivity contribution in [3.63, 3.8) is 0 Å². The summed E-state index contributed by atoms with van der Waals surface area (Å²) < 4.78 is 32.9. The Labute approximate surface area is 273 Å². The fourth-order valence-corrected chi connectivity index (χ4v) is 4.85. The first kappa shape index (κ1) is 38.4. The molecule has 248 valence electrons. The molecule has 0 bridgehead atoms. The molecule has 0 saturated carbocycles. The maximum Gasteiger partial charge on any atom is 0.227 e. The monoisotopic (exact) mass is 656 g/mol. The van der Waals surface area contributed by atoms with Crippen molar-refractivity contribution in [3.8, 4) is 0 Å². The van der Waals surface area contributed by atoms with Gasteiger partial charge in [0.2, 0.25) is 5.91 Å². The van der Waals surface area contributed by atoms with Crippen LogP contribution in [0.15, 0.2) is 54.7 Å². The van der Waals surface area contributed by atoms with E-state index in [1.165, 1.54) is 0 Å². The van der Waals surface area contributed by atoms with Gasteiger partial charge in [0.15, 0.2) is 0 Å². The van der Waals surface area contributed by atoms with Crippen LogP contribution >= 0.6 is 23.2 Å². The van der Waals surface area contributed by atoms with Crippen molar-refractivity contribution < 1.29 is 33.2 Å². The number of halogens is 2. The second kappa shape index (κ2) is 23.5. The normalized spacial score (nSPS) is 16.3. The molecule has 2 rings (SSSR count). The Morgan fingerprint density at radius 2 is 1.59 bits per heavy atom. The number of benzene rings is 1. The summed E-state index contributed by atoms with van der Waals surface area (Å²) in [5, 5.41) is 0.908. The summed E-state index contributed by atoms with van der Waals surface area (Å²) in [6.07, 6.45) is 9.09. The summed E-state index contributed by atoms with van der Waals surface area (Å²) in [6.45, 7) is 13.9. The summed E-state index contributed by atoms with van der Waals surface area (Å²) >= 11 is 12.2. The predicted molar refractivity (Wildman–Crippen MR) is 176 cm³/mol. The lowest BCUT2D eigenvalue weighted by molar-refractivity contribution is -0.130. The van der Waals surface area contributed by atoms with Gasteiger partial charge in [0.25, 0.3) is 0 Å². The lowest BCUT2D eigenvalue weighted by Crippen LogP contribution is -2.46. The molecule has 1 aliphatic rings. The van der Waals surface area contributed by atoms with Gasteiger partial charge >= 0.3 is 0 Å². The fourth-order valence-electron chi connectivity index (χ4n) is 4.53. The molecule has 11 heteroatoms. The van der Waals surface area contributed by atoms with Crippen LogP contribution in [-0.4, -0.2) is 128 Å². The molecule has 0 spiro atoms. The van der Waals surface area contributed by atoms with Gasteiger partial charge in [0.05, 0.1) is 94.7 Å². The number of amides is 1. The summed E-state index contributed by atoms with van der Waals surface area (Å²) in [5.41, 5.74) is 1.68. The highest BCUT2D eigenvalue weighted by Gasteiger charge is 2.29. The van der Waals surface area contributed by atoms with Crippen LogP contribution in [0.3, 0.4) is 0 Å². The van der Waals surface area contributed by atoms with E-state index in [4.69, 9.17) is 51.6 Å². The van der Waals surface area contributed by atoms with E-state index in [1.54, 1.807) is 24.1 Å². The number of hydrogen-bond donors (Lipinski definition) is 0. The second-order valence-electron chi connectivity index (χ2n) is 10.4. The van der Waals surface area contributed by atoms with E-state index in [-0.39, 0.29) is 24.5 Å². The molecule has 1 heterocycles. The van der Waals surface area contributed by atoms with Crippen LogP contribution in [0.4, 0.5) is 0 Å². The smallest absolute Gasteiger partial charge is 0.227 e. The van der Waals surface area contributed by atoms with Crippen molar-refractivity contribution in [2.45, 2.75) is 31.9 Å². The first-order valence-electron chi connectivity index (χ1n) is 15.2. The molecule has 44 heavy (non-hydrogen) atoms. The highest BCUT2D eigenvalue weighted by molar-refractivity contribution is 6.42. The van der Waals surface area contributed by atoms with E-state index < -0.39 is 0 Å². The number of hydrogen-bond acceptors (Lipinski definition) is 8. The molecule has 1 aromatic rings. The van der Waals surface area contributed by atoms with Gasteiger partial charge < -0.3 is 33.3 Å². The van der Waals surface area contributed by atoms with Gasteiger partial charge in [-0.3, -0.25) is 9.69 Å². The standard InChI is InChI=1S/C33H50Cl2N2O7/c1-5-6-7-8-27(2)32(36(3)33(38)24-28-9-10-30(34)31(35)23-28)26-37-12-11-29(25-37)44-22-21-43-20-19-42-18-17-41-16-15-40-14-13-39-4/h5-10,23,29,32H,2,11-22,24-26H2,1,3-4H3/b6-5-,8-7-/t29-,32+/m0/s1. The van der Waals surface area contributed by atoms with Crippen molar-refractivity contribution in [1.82, 2.24) is 9.80 Å². The number of rotatable bonds is 24. The molecule has 0 aromatic heterocycles. The maximum absolute atomic E-state index is 13.3. The third kappa shape index (κ3) is 16.0. The molecule has 1 fully saturated rings. The zero-order valence-electron chi connectivity index (χ0n) is 26.5. The number of methoxy groups -OCH3 is 1. The minimum Gasteiger partial charge on any atom is -0.382 e. The van der Waals surface area contributed by atoms with Crippen molar-refractivity contribution in [1.29, 1.82) is 0 Å². The number of allylic oxidation sites excluding steroid dienone is 3. The Bertz CT molecular complexity index is 1020. The van der Waals surface area contributed by atoms with Crippen LogP contribution in [0.1, 0.15) is 18.9 Å². The van der Waals surface area contributed by atoms with Crippen molar-refractivity contribution in [2.24, 2.45) is 0 Å². The third-order valence-electron chi connectivity index (χ3n) is 7.03. The van der Waals surface area contributed by atoms with Gasteiger partial charge in [-0.05, 0) is 36.6 Å². The van der Waals surface area contributed by atoms with Crippen LogP contribution in [0.2, 0.25) is 10.0 Å². The van der Waals surface area contributed by atoms with E-state index in [2.05, 4.69) is 11.5 Å². The fraction of sp³-hybridized carbons (Fsp3) is 0.606. The number of carbonyl (C=O) groups excluding carboxylic acids is 1. The maximum atomic E-state index is 13.3. The van der Waals surface area contributed by atoms with Gasteiger partial charge in [-0.25, -0.2) is 0 Å². The SMILES string of the molecule is C=C(/C=C\C=C/C)[C@@H](CN1CC[C@H](OCCOCCOCCOCCOCCOC)C1)N(C)C(=O)Cc1ccc(Cl)c(Cl)c1. The molecule has 1 saturated heterocycles. The topological polar surface area (TPSA) is 78.9 Å². The molecule has 0 N–H and O–H groups in total. The molecule has 0 aliphatic carbocycles. The van der Waals surface area contributed by atoms with Crippen LogP contribution in [0, 0.1) is 0 Å². The van der Waals surface area contributed by atoms with Crippen LogP contribution in [0.25, 0.3) is 0 Å². The van der Waals surface area contributed by atoms with E-state index in [9.17, 15) is 4.79 Å². The Hall–Kier alpha value is -1.79. The van der Waals surface area contributed by atoms with Gasteiger partial charge in [0.1, 0.15) is 0 Å². The Morgan fingerprint density at radius 3 is 2.18 bits per heavy atom. The molecule has 0 unspecified atom stereocenters. The molecule has 2 atom stereocenters. The van der Waals surface area contributed by atoms with Crippen LogP contribution < -0.4 is 0 Å². The average molecular weight is 658 g/mol. The molecule has 1 aliphatic heterocycles. The van der Waals surface area contributed by atoms with E-state index in [0.717, 1.165) is 30.6 Å². The number of ether oxygens (including phenoxy) is 6. The predicted octanol–water partition coefficient (Wildman–Crippen LogP) is 4.86. The minimum absolute atomic E-state index is 0.0158. The highest BCUT2D eigenvalue weighted by Crippen LogP contribution is 2.24.